The minimum absolute atomic E-state index is 0.0147. The molecule has 0 saturated carbocycles. The quantitative estimate of drug-likeness (QED) is 0.664. The van der Waals surface area contributed by atoms with Crippen molar-refractivity contribution in [2.75, 3.05) is 31.5 Å². The Bertz CT molecular complexity index is 548. The molecule has 0 aromatic heterocycles. The highest BCUT2D eigenvalue weighted by Gasteiger charge is 2.27. The van der Waals surface area contributed by atoms with Gasteiger partial charge in [0.15, 0.2) is 0 Å². The summed E-state index contributed by atoms with van der Waals surface area (Å²) in [6.07, 6.45) is 0. The maximum absolute atomic E-state index is 11.6. The average molecular weight is 311 g/mol. The smallest absolute Gasteiger partial charge is 0.324 e. The summed E-state index contributed by atoms with van der Waals surface area (Å²) in [6.45, 7) is 0.440. The fourth-order valence-electron chi connectivity index (χ4n) is 1.83. The van der Waals surface area contributed by atoms with Crippen LogP contribution in [0.4, 0.5) is 10.5 Å². The van der Waals surface area contributed by atoms with Crippen LogP contribution < -0.4 is 16.0 Å². The van der Waals surface area contributed by atoms with E-state index in [-0.39, 0.29) is 38.0 Å². The van der Waals surface area contributed by atoms with Gasteiger partial charge in [0.05, 0.1) is 23.8 Å². The molecule has 2 rings (SSSR count). The largest absolute Gasteiger partial charge is 0.375 e. The lowest BCUT2D eigenvalue weighted by Crippen LogP contribution is -2.40. The van der Waals surface area contributed by atoms with E-state index in [4.69, 9.17) is 11.6 Å². The van der Waals surface area contributed by atoms with Crippen LogP contribution in [-0.2, 0) is 9.59 Å². The molecular weight excluding hydrogens is 296 g/mol. The third kappa shape index (κ3) is 4.09. The van der Waals surface area contributed by atoms with Crippen LogP contribution in [0.2, 0.25) is 5.02 Å². The molecule has 3 N–H and O–H groups in total. The van der Waals surface area contributed by atoms with Crippen LogP contribution in [0.1, 0.15) is 0 Å². The standard InChI is InChI=1S/C13H15ClN4O3/c14-9-3-1-2-4-10(9)16-7-11(19)15-5-6-18-12(20)8-17-13(18)21/h1-4,16H,5-8H2,(H,15,19)(H,17,21). The summed E-state index contributed by atoms with van der Waals surface area (Å²) in [5.74, 6) is -0.537. The topological polar surface area (TPSA) is 90.5 Å². The first kappa shape index (κ1) is 15.1. The Kier molecular flexibility index (Phi) is 4.99. The van der Waals surface area contributed by atoms with Crippen molar-refractivity contribution in [3.05, 3.63) is 29.3 Å². The van der Waals surface area contributed by atoms with Crippen molar-refractivity contribution in [1.29, 1.82) is 0 Å². The number of hydrogen-bond acceptors (Lipinski definition) is 4. The number of nitrogens with one attached hydrogen (secondary N) is 3. The number of anilines is 1. The van der Waals surface area contributed by atoms with Crippen LogP contribution in [0.5, 0.6) is 0 Å². The van der Waals surface area contributed by atoms with Gasteiger partial charge < -0.3 is 16.0 Å². The van der Waals surface area contributed by atoms with E-state index >= 15 is 0 Å². The molecule has 0 spiro atoms. The predicted molar refractivity (Wildman–Crippen MR) is 78.1 cm³/mol. The van der Waals surface area contributed by atoms with E-state index < -0.39 is 6.03 Å². The lowest BCUT2D eigenvalue weighted by atomic mass is 10.3. The van der Waals surface area contributed by atoms with Gasteiger partial charge in [-0.2, -0.15) is 0 Å². The minimum Gasteiger partial charge on any atom is -0.375 e. The molecule has 8 heteroatoms. The van der Waals surface area contributed by atoms with E-state index in [2.05, 4.69) is 16.0 Å². The first-order valence-corrected chi connectivity index (χ1v) is 6.79. The molecule has 4 amide bonds. The zero-order chi connectivity index (χ0) is 15.2. The van der Waals surface area contributed by atoms with E-state index in [0.29, 0.717) is 10.7 Å². The van der Waals surface area contributed by atoms with Crippen LogP contribution in [0.3, 0.4) is 0 Å². The first-order chi connectivity index (χ1) is 10.1. The van der Waals surface area contributed by atoms with Crippen molar-refractivity contribution in [3.63, 3.8) is 0 Å². The lowest BCUT2D eigenvalue weighted by Gasteiger charge is -2.13. The maximum atomic E-state index is 11.6. The fraction of sp³-hybridized carbons (Fsp3) is 0.308. The van der Waals surface area contributed by atoms with Crippen molar-refractivity contribution in [3.8, 4) is 0 Å². The summed E-state index contributed by atoms with van der Waals surface area (Å²) >= 11 is 5.95. The second-order valence-electron chi connectivity index (χ2n) is 4.39. The number of urea groups is 1. The van der Waals surface area contributed by atoms with Crippen molar-refractivity contribution < 1.29 is 14.4 Å². The Morgan fingerprint density at radius 2 is 2.10 bits per heavy atom. The normalized spacial score (nSPS) is 14.0. The summed E-state index contributed by atoms with van der Waals surface area (Å²) in [6, 6.07) is 6.67. The van der Waals surface area contributed by atoms with Crippen LogP contribution in [0.25, 0.3) is 0 Å². The number of para-hydroxylation sites is 1. The molecule has 0 atom stereocenters. The van der Waals surface area contributed by atoms with Gasteiger partial charge in [0.2, 0.25) is 11.8 Å². The monoisotopic (exact) mass is 310 g/mol. The number of halogens is 1. The Balaban J connectivity index is 1.69. The number of carbonyl (C=O) groups excluding carboxylic acids is 3. The third-order valence-electron chi connectivity index (χ3n) is 2.91. The Hall–Kier alpha value is -2.28. The lowest BCUT2D eigenvalue weighted by molar-refractivity contribution is -0.125. The average Bonchev–Trinajstić information content (AvgIpc) is 2.78. The van der Waals surface area contributed by atoms with E-state index in [1.807, 2.05) is 6.07 Å². The van der Waals surface area contributed by atoms with Gasteiger partial charge in [0.1, 0.15) is 0 Å². The van der Waals surface area contributed by atoms with E-state index in [1.165, 1.54) is 0 Å². The van der Waals surface area contributed by atoms with Gasteiger partial charge in [-0.15, -0.1) is 0 Å². The van der Waals surface area contributed by atoms with Gasteiger partial charge in [0, 0.05) is 13.1 Å². The van der Waals surface area contributed by atoms with Gasteiger partial charge in [-0.25, -0.2) is 4.79 Å². The molecule has 0 unspecified atom stereocenters. The van der Waals surface area contributed by atoms with Crippen molar-refractivity contribution >= 4 is 35.1 Å². The summed E-state index contributed by atoms with van der Waals surface area (Å²) < 4.78 is 0. The zero-order valence-electron chi connectivity index (χ0n) is 11.2. The number of amides is 4. The summed E-state index contributed by atoms with van der Waals surface area (Å²) in [4.78, 5) is 35.3. The van der Waals surface area contributed by atoms with Crippen molar-refractivity contribution in [2.24, 2.45) is 0 Å². The van der Waals surface area contributed by atoms with Crippen molar-refractivity contribution in [2.45, 2.75) is 0 Å². The number of nitrogens with zero attached hydrogens (tertiary/aromatic N) is 1. The maximum Gasteiger partial charge on any atom is 0.324 e. The zero-order valence-corrected chi connectivity index (χ0v) is 11.9. The third-order valence-corrected chi connectivity index (χ3v) is 3.24. The molecule has 1 aliphatic heterocycles. The second kappa shape index (κ2) is 6.94. The molecule has 21 heavy (non-hydrogen) atoms. The molecule has 0 radical (unpaired) electrons. The minimum atomic E-state index is -0.427. The van der Waals surface area contributed by atoms with E-state index in [0.717, 1.165) is 4.90 Å². The molecule has 1 aliphatic rings. The van der Waals surface area contributed by atoms with Gasteiger partial charge in [-0.1, -0.05) is 23.7 Å². The van der Waals surface area contributed by atoms with E-state index in [1.54, 1.807) is 18.2 Å². The number of rotatable bonds is 6. The van der Waals surface area contributed by atoms with Gasteiger partial charge >= 0.3 is 6.03 Å². The number of carbonyl (C=O) groups is 3. The second-order valence-corrected chi connectivity index (χ2v) is 4.79. The number of imide groups is 1. The molecule has 112 valence electrons. The molecule has 1 aromatic carbocycles. The highest BCUT2D eigenvalue weighted by atomic mass is 35.5. The Labute approximate surface area is 126 Å². The molecule has 1 saturated heterocycles. The first-order valence-electron chi connectivity index (χ1n) is 6.41. The summed E-state index contributed by atoms with van der Waals surface area (Å²) in [5.41, 5.74) is 0.670. The Morgan fingerprint density at radius 3 is 2.76 bits per heavy atom. The number of hydrogen-bond donors (Lipinski definition) is 3. The predicted octanol–water partition coefficient (Wildman–Crippen LogP) is 0.420. The molecule has 7 nitrogen and oxygen atoms in total. The molecular formula is C13H15ClN4O3. The van der Waals surface area contributed by atoms with Gasteiger partial charge in [0.25, 0.3) is 0 Å². The molecule has 0 aliphatic carbocycles. The molecule has 1 aromatic rings. The molecule has 1 heterocycles. The highest BCUT2D eigenvalue weighted by molar-refractivity contribution is 6.33. The summed E-state index contributed by atoms with van der Waals surface area (Å²) in [5, 5.41) is 8.47. The van der Waals surface area contributed by atoms with Gasteiger partial charge in [-0.3, -0.25) is 14.5 Å². The summed E-state index contributed by atoms with van der Waals surface area (Å²) in [7, 11) is 0. The van der Waals surface area contributed by atoms with Crippen LogP contribution >= 0.6 is 11.6 Å². The van der Waals surface area contributed by atoms with E-state index in [9.17, 15) is 14.4 Å². The highest BCUT2D eigenvalue weighted by Crippen LogP contribution is 2.19. The van der Waals surface area contributed by atoms with Crippen LogP contribution in [0.15, 0.2) is 24.3 Å². The van der Waals surface area contributed by atoms with Crippen molar-refractivity contribution in [1.82, 2.24) is 15.5 Å². The van der Waals surface area contributed by atoms with Crippen LogP contribution in [0, 0.1) is 0 Å². The van der Waals surface area contributed by atoms with Gasteiger partial charge in [-0.05, 0) is 12.1 Å². The molecule has 1 fully saturated rings. The van der Waals surface area contributed by atoms with Crippen LogP contribution in [-0.4, -0.2) is 48.9 Å². The Morgan fingerprint density at radius 1 is 1.33 bits per heavy atom. The fourth-order valence-corrected chi connectivity index (χ4v) is 2.03. The molecule has 0 bridgehead atoms. The number of benzene rings is 1. The SMILES string of the molecule is O=C(CNc1ccccc1Cl)NCCN1C(=O)CNC1=O.